The zero-order valence-corrected chi connectivity index (χ0v) is 15.8. The van der Waals surface area contributed by atoms with E-state index < -0.39 is 0 Å². The van der Waals surface area contributed by atoms with Crippen LogP contribution in [0.15, 0.2) is 30.5 Å². The number of nitrogens with zero attached hydrogens (tertiary/aromatic N) is 5. The zero-order chi connectivity index (χ0) is 19.8. The molecule has 1 aliphatic heterocycles. The van der Waals surface area contributed by atoms with E-state index in [9.17, 15) is 4.79 Å². The van der Waals surface area contributed by atoms with Crippen molar-refractivity contribution in [3.05, 3.63) is 36.0 Å². The Balaban J connectivity index is 1.48. The van der Waals surface area contributed by atoms with Crippen LogP contribution in [0.5, 0.6) is 0 Å². The van der Waals surface area contributed by atoms with Gasteiger partial charge in [-0.05, 0) is 25.0 Å². The van der Waals surface area contributed by atoms with Gasteiger partial charge in [0.1, 0.15) is 0 Å². The number of amides is 1. The third kappa shape index (κ3) is 3.68. The van der Waals surface area contributed by atoms with Crippen molar-refractivity contribution in [1.82, 2.24) is 25.3 Å². The summed E-state index contributed by atoms with van der Waals surface area (Å²) in [5.41, 5.74) is 9.14. The Bertz CT molecular complexity index is 1060. The number of nitrogens with one attached hydrogen (secondary N) is 1. The van der Waals surface area contributed by atoms with Crippen molar-refractivity contribution in [2.45, 2.75) is 18.9 Å². The average molecular weight is 391 g/mol. The topological polar surface area (TPSA) is 119 Å². The molecular weight excluding hydrogens is 370 g/mol. The monoisotopic (exact) mass is 391 g/mol. The van der Waals surface area contributed by atoms with Crippen LogP contribution in [0.2, 0.25) is 0 Å². The first kappa shape index (κ1) is 17.7. The predicted octanol–water partition coefficient (Wildman–Crippen LogP) is 1.40. The number of anilines is 2. The molecule has 0 radical (unpaired) electrons. The van der Waals surface area contributed by atoms with Crippen LogP contribution in [0.4, 0.5) is 11.8 Å². The van der Waals surface area contributed by atoms with E-state index in [2.05, 4.69) is 25.2 Å². The Hall–Kier alpha value is -3.33. The number of hydrogen-bond donors (Lipinski definition) is 2. The molecule has 0 spiro atoms. The number of ether oxygens (including phenoxy) is 1. The lowest BCUT2D eigenvalue weighted by atomic mass is 10.1. The summed E-state index contributed by atoms with van der Waals surface area (Å²) in [5.74, 6) is 0.805. The molecule has 1 aliphatic carbocycles. The number of benzene rings is 1. The van der Waals surface area contributed by atoms with E-state index in [4.69, 9.17) is 15.5 Å². The molecule has 1 saturated carbocycles. The van der Waals surface area contributed by atoms with Crippen molar-refractivity contribution < 1.29 is 9.53 Å². The molecule has 29 heavy (non-hydrogen) atoms. The van der Waals surface area contributed by atoms with Gasteiger partial charge in [-0.3, -0.25) is 4.79 Å². The van der Waals surface area contributed by atoms with E-state index in [0.717, 1.165) is 18.4 Å². The summed E-state index contributed by atoms with van der Waals surface area (Å²) in [6, 6.07) is 7.70. The van der Waals surface area contributed by atoms with Crippen LogP contribution >= 0.6 is 0 Å². The summed E-state index contributed by atoms with van der Waals surface area (Å²) in [6.45, 7) is 2.68. The number of nitrogens with two attached hydrogens (primary N) is 1. The first-order chi connectivity index (χ1) is 14.2. The quantitative estimate of drug-likeness (QED) is 0.685. The molecule has 3 aromatic rings. The van der Waals surface area contributed by atoms with Gasteiger partial charge in [0.25, 0.3) is 5.91 Å². The van der Waals surface area contributed by atoms with Gasteiger partial charge < -0.3 is 20.7 Å². The van der Waals surface area contributed by atoms with Gasteiger partial charge in [-0.25, -0.2) is 9.97 Å². The number of nitrogen functional groups attached to an aromatic ring is 1. The number of hydrogen-bond acceptors (Lipinski definition) is 8. The number of carbonyl (C=O) groups is 1. The first-order valence-corrected chi connectivity index (χ1v) is 9.71. The van der Waals surface area contributed by atoms with Crippen LogP contribution in [0.1, 0.15) is 23.2 Å². The summed E-state index contributed by atoms with van der Waals surface area (Å²) < 4.78 is 5.43. The van der Waals surface area contributed by atoms with Crippen molar-refractivity contribution in [2.24, 2.45) is 0 Å². The van der Waals surface area contributed by atoms with Crippen LogP contribution in [0.3, 0.4) is 0 Å². The highest BCUT2D eigenvalue weighted by molar-refractivity contribution is 5.95. The second-order valence-corrected chi connectivity index (χ2v) is 7.26. The van der Waals surface area contributed by atoms with Crippen molar-refractivity contribution in [3.63, 3.8) is 0 Å². The van der Waals surface area contributed by atoms with Crippen LogP contribution in [0, 0.1) is 0 Å². The summed E-state index contributed by atoms with van der Waals surface area (Å²) in [5, 5.41) is 2.99. The number of morpholine rings is 1. The van der Waals surface area contributed by atoms with E-state index in [1.54, 1.807) is 18.3 Å². The minimum absolute atomic E-state index is 0.0397. The van der Waals surface area contributed by atoms with Gasteiger partial charge in [-0.1, -0.05) is 12.1 Å². The third-order valence-corrected chi connectivity index (χ3v) is 5.07. The number of carbonyl (C=O) groups excluding carboxylic acids is 1. The van der Waals surface area contributed by atoms with E-state index >= 15 is 0 Å². The Morgan fingerprint density at radius 2 is 1.86 bits per heavy atom. The Labute approximate surface area is 167 Å². The lowest BCUT2D eigenvalue weighted by Crippen LogP contribution is -2.37. The lowest BCUT2D eigenvalue weighted by Gasteiger charge is -2.28. The molecule has 2 aliphatic rings. The van der Waals surface area contributed by atoms with E-state index in [1.807, 2.05) is 12.1 Å². The van der Waals surface area contributed by atoms with E-state index in [0.29, 0.717) is 60.6 Å². The van der Waals surface area contributed by atoms with Crippen LogP contribution in [-0.4, -0.2) is 58.2 Å². The van der Waals surface area contributed by atoms with Gasteiger partial charge in [0, 0.05) is 30.3 Å². The molecule has 0 atom stereocenters. The second kappa shape index (κ2) is 7.25. The van der Waals surface area contributed by atoms with E-state index in [1.165, 1.54) is 0 Å². The Morgan fingerprint density at radius 1 is 1.10 bits per heavy atom. The molecule has 1 amide bonds. The van der Waals surface area contributed by atoms with Gasteiger partial charge in [-0.2, -0.15) is 9.97 Å². The molecule has 9 nitrogen and oxygen atoms in total. The van der Waals surface area contributed by atoms with Gasteiger partial charge in [0.15, 0.2) is 17.0 Å². The van der Waals surface area contributed by atoms with Gasteiger partial charge in [0.2, 0.25) is 5.95 Å². The van der Waals surface area contributed by atoms with Gasteiger partial charge in [-0.15, -0.1) is 0 Å². The highest BCUT2D eigenvalue weighted by Gasteiger charge is 2.24. The van der Waals surface area contributed by atoms with Crippen molar-refractivity contribution in [2.75, 3.05) is 36.9 Å². The molecule has 148 valence electrons. The fourth-order valence-corrected chi connectivity index (χ4v) is 3.33. The highest BCUT2D eigenvalue weighted by Crippen LogP contribution is 2.26. The van der Waals surface area contributed by atoms with Gasteiger partial charge >= 0.3 is 0 Å². The fourth-order valence-electron chi connectivity index (χ4n) is 3.33. The van der Waals surface area contributed by atoms with Crippen molar-refractivity contribution in [3.8, 4) is 11.3 Å². The maximum atomic E-state index is 12.2. The molecule has 1 saturated heterocycles. The largest absolute Gasteiger partial charge is 0.378 e. The molecule has 5 rings (SSSR count). The molecule has 0 bridgehead atoms. The standard InChI is InChI=1S/C20H21N7O2/c21-20-25-17-16(18(26-20)27-7-9-29-10-8-27)24-15(11-22-17)12-1-3-13(4-2-12)19(28)23-14-5-6-14/h1-4,11,14H,5-10H2,(H,23,28)(H2,21,22,25,26). The fraction of sp³-hybridized carbons (Fsp3) is 0.350. The Morgan fingerprint density at radius 3 is 2.59 bits per heavy atom. The van der Waals surface area contributed by atoms with Crippen molar-refractivity contribution >= 4 is 28.8 Å². The number of fused-ring (bicyclic) bond motifs is 1. The highest BCUT2D eigenvalue weighted by atomic mass is 16.5. The normalized spacial score (nSPS) is 16.8. The smallest absolute Gasteiger partial charge is 0.251 e. The molecule has 0 unspecified atom stereocenters. The molecular formula is C20H21N7O2. The molecule has 3 N–H and O–H groups in total. The second-order valence-electron chi connectivity index (χ2n) is 7.26. The van der Waals surface area contributed by atoms with Gasteiger partial charge in [0.05, 0.1) is 25.1 Å². The molecule has 1 aromatic carbocycles. The van der Waals surface area contributed by atoms with Crippen LogP contribution in [0.25, 0.3) is 22.4 Å². The molecule has 3 heterocycles. The molecule has 9 heteroatoms. The summed E-state index contributed by atoms with van der Waals surface area (Å²) >= 11 is 0. The SMILES string of the molecule is Nc1nc(N2CCOCC2)c2nc(-c3ccc(C(=O)NC4CC4)cc3)cnc2n1. The summed E-state index contributed by atoms with van der Waals surface area (Å²) in [4.78, 5) is 32.1. The third-order valence-electron chi connectivity index (χ3n) is 5.07. The maximum Gasteiger partial charge on any atom is 0.251 e. The number of rotatable bonds is 4. The molecule has 2 fully saturated rings. The minimum Gasteiger partial charge on any atom is -0.378 e. The maximum absolute atomic E-state index is 12.2. The van der Waals surface area contributed by atoms with Crippen LogP contribution in [-0.2, 0) is 4.74 Å². The summed E-state index contributed by atoms with van der Waals surface area (Å²) in [6.07, 6.45) is 3.79. The summed E-state index contributed by atoms with van der Waals surface area (Å²) in [7, 11) is 0. The first-order valence-electron chi connectivity index (χ1n) is 9.71. The molecule has 2 aromatic heterocycles. The number of aromatic nitrogens is 4. The predicted molar refractivity (Wildman–Crippen MR) is 108 cm³/mol. The van der Waals surface area contributed by atoms with Crippen molar-refractivity contribution in [1.29, 1.82) is 0 Å². The van der Waals surface area contributed by atoms with E-state index in [-0.39, 0.29) is 11.9 Å². The average Bonchev–Trinajstić information content (AvgIpc) is 3.57. The van der Waals surface area contributed by atoms with Crippen LogP contribution < -0.4 is 16.0 Å². The lowest BCUT2D eigenvalue weighted by molar-refractivity contribution is 0.0951. The zero-order valence-electron chi connectivity index (χ0n) is 15.8. The minimum atomic E-state index is -0.0397. The Kier molecular flexibility index (Phi) is 4.44.